The van der Waals surface area contributed by atoms with Gasteiger partial charge in [-0.1, -0.05) is 6.92 Å². The standard InChI is InChI=1S/C15H29NO2/c1-3-8-16-15(13-10-12(2)18-11-13)7-6-14-5-4-9-17-14/h12-16H,3-11H2,1-2H3. The molecule has 4 atom stereocenters. The van der Waals surface area contributed by atoms with Crippen LogP contribution in [0, 0.1) is 5.92 Å². The molecule has 0 bridgehead atoms. The Morgan fingerprint density at radius 3 is 2.83 bits per heavy atom. The molecule has 106 valence electrons. The lowest BCUT2D eigenvalue weighted by molar-refractivity contribution is 0.0939. The van der Waals surface area contributed by atoms with Gasteiger partial charge in [0.05, 0.1) is 18.8 Å². The van der Waals surface area contributed by atoms with Gasteiger partial charge in [0, 0.05) is 18.6 Å². The summed E-state index contributed by atoms with van der Waals surface area (Å²) >= 11 is 0. The van der Waals surface area contributed by atoms with Gasteiger partial charge in [0.15, 0.2) is 0 Å². The molecule has 2 rings (SSSR count). The molecule has 0 spiro atoms. The molecule has 0 radical (unpaired) electrons. The van der Waals surface area contributed by atoms with Crippen molar-refractivity contribution < 1.29 is 9.47 Å². The second-order valence-corrected chi connectivity index (χ2v) is 5.91. The van der Waals surface area contributed by atoms with Crippen molar-refractivity contribution in [3.8, 4) is 0 Å². The van der Waals surface area contributed by atoms with Crippen LogP contribution in [-0.4, -0.2) is 38.0 Å². The normalized spacial score (nSPS) is 34.0. The van der Waals surface area contributed by atoms with Crippen molar-refractivity contribution in [1.82, 2.24) is 5.32 Å². The van der Waals surface area contributed by atoms with Gasteiger partial charge in [-0.05, 0) is 52.0 Å². The Morgan fingerprint density at radius 2 is 2.22 bits per heavy atom. The fourth-order valence-corrected chi connectivity index (χ4v) is 3.20. The van der Waals surface area contributed by atoms with Crippen molar-refractivity contribution in [2.24, 2.45) is 5.92 Å². The Morgan fingerprint density at radius 1 is 1.33 bits per heavy atom. The molecule has 0 aromatic carbocycles. The lowest BCUT2D eigenvalue weighted by Gasteiger charge is -2.25. The van der Waals surface area contributed by atoms with Crippen LogP contribution in [0.4, 0.5) is 0 Å². The molecule has 0 aromatic rings. The first-order valence-electron chi connectivity index (χ1n) is 7.76. The third-order valence-corrected chi connectivity index (χ3v) is 4.28. The third-order valence-electron chi connectivity index (χ3n) is 4.28. The molecule has 0 saturated carbocycles. The molecule has 2 fully saturated rings. The van der Waals surface area contributed by atoms with Crippen LogP contribution < -0.4 is 5.32 Å². The zero-order valence-corrected chi connectivity index (χ0v) is 12.0. The van der Waals surface area contributed by atoms with Crippen LogP contribution in [0.2, 0.25) is 0 Å². The number of rotatable bonds is 7. The summed E-state index contributed by atoms with van der Waals surface area (Å²) in [6.45, 7) is 7.46. The summed E-state index contributed by atoms with van der Waals surface area (Å²) in [4.78, 5) is 0. The Hall–Kier alpha value is -0.120. The van der Waals surface area contributed by atoms with Gasteiger partial charge in [-0.2, -0.15) is 0 Å². The van der Waals surface area contributed by atoms with Gasteiger partial charge in [-0.25, -0.2) is 0 Å². The first-order valence-corrected chi connectivity index (χ1v) is 7.76. The van der Waals surface area contributed by atoms with Gasteiger partial charge in [-0.15, -0.1) is 0 Å². The molecule has 4 unspecified atom stereocenters. The molecule has 0 aliphatic carbocycles. The molecule has 3 heteroatoms. The van der Waals surface area contributed by atoms with Gasteiger partial charge >= 0.3 is 0 Å². The summed E-state index contributed by atoms with van der Waals surface area (Å²) in [6.07, 6.45) is 8.36. The van der Waals surface area contributed by atoms with E-state index in [1.165, 1.54) is 38.5 Å². The van der Waals surface area contributed by atoms with Crippen LogP contribution in [0.3, 0.4) is 0 Å². The topological polar surface area (TPSA) is 30.5 Å². The molecule has 3 nitrogen and oxygen atoms in total. The van der Waals surface area contributed by atoms with E-state index in [0.29, 0.717) is 24.2 Å². The zero-order chi connectivity index (χ0) is 12.8. The van der Waals surface area contributed by atoms with Gasteiger partial charge in [-0.3, -0.25) is 0 Å². The maximum Gasteiger partial charge on any atom is 0.0576 e. The smallest absolute Gasteiger partial charge is 0.0576 e. The highest BCUT2D eigenvalue weighted by Crippen LogP contribution is 2.26. The third kappa shape index (κ3) is 4.22. The first kappa shape index (κ1) is 14.3. The molecular weight excluding hydrogens is 226 g/mol. The van der Waals surface area contributed by atoms with Gasteiger partial charge < -0.3 is 14.8 Å². The molecule has 2 heterocycles. The SMILES string of the molecule is CCCNC(CCC1CCCO1)C1COC(C)C1. The van der Waals surface area contributed by atoms with Crippen molar-refractivity contribution in [3.63, 3.8) is 0 Å². The van der Waals surface area contributed by atoms with Crippen molar-refractivity contribution in [2.75, 3.05) is 19.8 Å². The minimum atomic E-state index is 0.448. The van der Waals surface area contributed by atoms with Crippen molar-refractivity contribution in [1.29, 1.82) is 0 Å². The highest BCUT2D eigenvalue weighted by atomic mass is 16.5. The largest absolute Gasteiger partial charge is 0.378 e. The van der Waals surface area contributed by atoms with E-state index in [-0.39, 0.29) is 0 Å². The van der Waals surface area contributed by atoms with Crippen molar-refractivity contribution in [2.45, 2.75) is 70.6 Å². The Labute approximate surface area is 112 Å². The van der Waals surface area contributed by atoms with Crippen LogP contribution >= 0.6 is 0 Å². The van der Waals surface area contributed by atoms with Gasteiger partial charge in [0.25, 0.3) is 0 Å². The maximum absolute atomic E-state index is 5.73. The summed E-state index contributed by atoms with van der Waals surface area (Å²) in [7, 11) is 0. The van der Waals surface area contributed by atoms with E-state index in [0.717, 1.165) is 19.8 Å². The van der Waals surface area contributed by atoms with Crippen molar-refractivity contribution >= 4 is 0 Å². The molecule has 0 amide bonds. The van der Waals surface area contributed by atoms with E-state index >= 15 is 0 Å². The molecule has 2 aliphatic heterocycles. The maximum atomic E-state index is 5.73. The van der Waals surface area contributed by atoms with Crippen LogP contribution in [0.1, 0.15) is 52.4 Å². The predicted molar refractivity (Wildman–Crippen MR) is 73.8 cm³/mol. The fourth-order valence-electron chi connectivity index (χ4n) is 3.20. The summed E-state index contributed by atoms with van der Waals surface area (Å²) in [5.41, 5.74) is 0. The Kier molecular flexibility index (Phi) is 5.93. The lowest BCUT2D eigenvalue weighted by atomic mass is 9.92. The molecule has 2 aliphatic rings. The molecule has 0 aromatic heterocycles. The predicted octanol–water partition coefficient (Wildman–Crippen LogP) is 2.74. The Bertz CT molecular complexity index is 229. The van der Waals surface area contributed by atoms with E-state index in [1.54, 1.807) is 0 Å². The van der Waals surface area contributed by atoms with Gasteiger partial charge in [0.2, 0.25) is 0 Å². The van der Waals surface area contributed by atoms with Crippen LogP contribution in [-0.2, 0) is 9.47 Å². The fraction of sp³-hybridized carbons (Fsp3) is 1.00. The zero-order valence-electron chi connectivity index (χ0n) is 12.0. The Balaban J connectivity index is 1.76. The van der Waals surface area contributed by atoms with E-state index in [1.807, 2.05) is 0 Å². The van der Waals surface area contributed by atoms with Crippen LogP contribution in [0.5, 0.6) is 0 Å². The van der Waals surface area contributed by atoms with Crippen LogP contribution in [0.15, 0.2) is 0 Å². The quantitative estimate of drug-likeness (QED) is 0.759. The number of nitrogens with one attached hydrogen (secondary N) is 1. The van der Waals surface area contributed by atoms with E-state index in [9.17, 15) is 0 Å². The molecular formula is C15H29NO2. The molecule has 2 saturated heterocycles. The highest BCUT2D eigenvalue weighted by Gasteiger charge is 2.30. The number of ether oxygens (including phenoxy) is 2. The summed E-state index contributed by atoms with van der Waals surface area (Å²) in [5, 5.41) is 3.72. The van der Waals surface area contributed by atoms with E-state index in [2.05, 4.69) is 19.2 Å². The van der Waals surface area contributed by atoms with E-state index in [4.69, 9.17) is 9.47 Å². The second kappa shape index (κ2) is 7.46. The first-order chi connectivity index (χ1) is 8.79. The van der Waals surface area contributed by atoms with Gasteiger partial charge in [0.1, 0.15) is 0 Å². The summed E-state index contributed by atoms with van der Waals surface area (Å²) in [5.74, 6) is 0.702. The average Bonchev–Trinajstić information content (AvgIpc) is 3.01. The molecule has 1 N–H and O–H groups in total. The van der Waals surface area contributed by atoms with Crippen LogP contribution in [0.25, 0.3) is 0 Å². The summed E-state index contributed by atoms with van der Waals surface area (Å²) in [6, 6.07) is 0.624. The number of hydrogen-bond acceptors (Lipinski definition) is 3. The lowest BCUT2D eigenvalue weighted by Crippen LogP contribution is -2.37. The monoisotopic (exact) mass is 255 g/mol. The number of hydrogen-bond donors (Lipinski definition) is 1. The summed E-state index contributed by atoms with van der Waals surface area (Å²) < 4.78 is 11.5. The highest BCUT2D eigenvalue weighted by molar-refractivity contribution is 4.83. The molecule has 18 heavy (non-hydrogen) atoms. The minimum absolute atomic E-state index is 0.448. The van der Waals surface area contributed by atoms with Crippen molar-refractivity contribution in [3.05, 3.63) is 0 Å². The minimum Gasteiger partial charge on any atom is -0.378 e. The average molecular weight is 255 g/mol. The second-order valence-electron chi connectivity index (χ2n) is 5.91. The van der Waals surface area contributed by atoms with E-state index < -0.39 is 0 Å².